The first kappa shape index (κ1) is 18.1. The zero-order chi connectivity index (χ0) is 20.1. The van der Waals surface area contributed by atoms with Crippen LogP contribution in [0.2, 0.25) is 0 Å². The molecule has 0 aliphatic carbocycles. The number of aromatic amines is 1. The summed E-state index contributed by atoms with van der Waals surface area (Å²) in [6, 6.07) is 6.57. The SMILES string of the molecule is Cc1n[nH]c(C)c1-c1ccc2c(c1)OCCc1sc(-c3ncnn3C(C)C)nc1-2. The number of hydrogen-bond acceptors (Lipinski definition) is 6. The minimum atomic E-state index is 0.232. The van der Waals surface area contributed by atoms with Gasteiger partial charge < -0.3 is 4.74 Å². The van der Waals surface area contributed by atoms with Crippen LogP contribution in [0.5, 0.6) is 5.75 Å². The quantitative estimate of drug-likeness (QED) is 0.538. The van der Waals surface area contributed by atoms with E-state index < -0.39 is 0 Å². The van der Waals surface area contributed by atoms with Gasteiger partial charge in [-0.25, -0.2) is 14.6 Å². The van der Waals surface area contributed by atoms with Gasteiger partial charge in [-0.15, -0.1) is 11.3 Å². The van der Waals surface area contributed by atoms with E-state index >= 15 is 0 Å². The van der Waals surface area contributed by atoms with Crippen LogP contribution in [-0.2, 0) is 6.42 Å². The fourth-order valence-electron chi connectivity index (χ4n) is 3.83. The second-order valence-electron chi connectivity index (χ2n) is 7.53. The molecule has 4 heterocycles. The van der Waals surface area contributed by atoms with Gasteiger partial charge in [-0.3, -0.25) is 5.10 Å². The summed E-state index contributed by atoms with van der Waals surface area (Å²) < 4.78 is 8.02. The number of fused-ring (bicyclic) bond motifs is 3. The average molecular weight is 407 g/mol. The Morgan fingerprint density at radius 1 is 1.24 bits per heavy atom. The molecule has 0 fully saturated rings. The van der Waals surface area contributed by atoms with Crippen molar-refractivity contribution in [2.75, 3.05) is 6.61 Å². The lowest BCUT2D eigenvalue weighted by Crippen LogP contribution is -2.04. The lowest BCUT2D eigenvalue weighted by atomic mass is 10.00. The molecule has 0 amide bonds. The third kappa shape index (κ3) is 2.95. The standard InChI is InChI=1S/C21H22N6OS/c1-11(2)27-20(22-10-23-27)21-24-19-15-6-5-14(18-12(3)25-26-13(18)4)9-16(15)28-8-7-17(19)29-21/h5-6,9-11H,7-8H2,1-4H3,(H,25,26). The number of thiazole rings is 1. The lowest BCUT2D eigenvalue weighted by Gasteiger charge is -2.10. The molecule has 148 valence electrons. The smallest absolute Gasteiger partial charge is 0.187 e. The molecule has 4 aromatic rings. The first-order chi connectivity index (χ1) is 14.0. The van der Waals surface area contributed by atoms with Crippen LogP contribution in [0.1, 0.15) is 36.2 Å². The predicted octanol–water partition coefficient (Wildman–Crippen LogP) is 4.59. The first-order valence-corrected chi connectivity index (χ1v) is 10.5. The zero-order valence-corrected chi connectivity index (χ0v) is 17.7. The maximum Gasteiger partial charge on any atom is 0.187 e. The third-order valence-electron chi connectivity index (χ3n) is 5.19. The molecule has 0 bridgehead atoms. The van der Waals surface area contributed by atoms with Gasteiger partial charge >= 0.3 is 0 Å². The lowest BCUT2D eigenvalue weighted by molar-refractivity contribution is 0.327. The van der Waals surface area contributed by atoms with Crippen molar-refractivity contribution < 1.29 is 4.74 Å². The zero-order valence-electron chi connectivity index (χ0n) is 16.9. The van der Waals surface area contributed by atoms with E-state index in [0.717, 1.165) is 56.8 Å². The maximum absolute atomic E-state index is 6.10. The summed E-state index contributed by atoms with van der Waals surface area (Å²) in [4.78, 5) is 10.6. The molecule has 1 N–H and O–H groups in total. The van der Waals surface area contributed by atoms with Gasteiger partial charge in [-0.2, -0.15) is 10.2 Å². The molecule has 0 radical (unpaired) electrons. The molecule has 0 unspecified atom stereocenters. The minimum Gasteiger partial charge on any atom is -0.492 e. The molecule has 0 saturated carbocycles. The number of rotatable bonds is 3. The van der Waals surface area contributed by atoms with E-state index in [1.807, 2.05) is 18.5 Å². The van der Waals surface area contributed by atoms with Crippen molar-refractivity contribution in [3.63, 3.8) is 0 Å². The summed E-state index contributed by atoms with van der Waals surface area (Å²) in [6.07, 6.45) is 2.43. The Labute approximate surface area is 172 Å². The van der Waals surface area contributed by atoms with Gasteiger partial charge in [0.15, 0.2) is 10.8 Å². The van der Waals surface area contributed by atoms with Crippen LogP contribution >= 0.6 is 11.3 Å². The number of aryl methyl sites for hydroxylation is 2. The highest BCUT2D eigenvalue weighted by Crippen LogP contribution is 2.42. The molecule has 0 spiro atoms. The molecule has 8 heteroatoms. The first-order valence-electron chi connectivity index (χ1n) is 9.71. The van der Waals surface area contributed by atoms with Gasteiger partial charge in [0.05, 0.1) is 18.0 Å². The molecular weight excluding hydrogens is 384 g/mol. The number of hydrogen-bond donors (Lipinski definition) is 1. The van der Waals surface area contributed by atoms with Crippen LogP contribution in [0.4, 0.5) is 0 Å². The van der Waals surface area contributed by atoms with Crippen molar-refractivity contribution in [1.82, 2.24) is 29.9 Å². The summed E-state index contributed by atoms with van der Waals surface area (Å²) in [6.45, 7) is 8.88. The Hall–Kier alpha value is -3.00. The number of H-pyrrole nitrogens is 1. The predicted molar refractivity (Wildman–Crippen MR) is 113 cm³/mol. The molecule has 0 saturated heterocycles. The van der Waals surface area contributed by atoms with E-state index in [0.29, 0.717) is 6.61 Å². The molecule has 1 aliphatic rings. The topological polar surface area (TPSA) is 81.5 Å². The Balaban J connectivity index is 1.61. The summed E-state index contributed by atoms with van der Waals surface area (Å²) in [5.74, 6) is 1.69. The highest BCUT2D eigenvalue weighted by molar-refractivity contribution is 7.15. The number of benzene rings is 1. The second-order valence-corrected chi connectivity index (χ2v) is 8.61. The van der Waals surface area contributed by atoms with E-state index in [1.165, 1.54) is 4.88 Å². The van der Waals surface area contributed by atoms with Gasteiger partial charge in [-0.1, -0.05) is 6.07 Å². The number of aromatic nitrogens is 6. The highest BCUT2D eigenvalue weighted by Gasteiger charge is 2.24. The summed E-state index contributed by atoms with van der Waals surface area (Å²) in [5.41, 5.74) is 6.29. The van der Waals surface area contributed by atoms with E-state index in [4.69, 9.17) is 9.72 Å². The molecule has 3 aromatic heterocycles. The second kappa shape index (κ2) is 6.81. The van der Waals surface area contributed by atoms with Crippen LogP contribution in [0.15, 0.2) is 24.5 Å². The third-order valence-corrected chi connectivity index (χ3v) is 6.30. The normalized spacial score (nSPS) is 13.1. The van der Waals surface area contributed by atoms with E-state index in [2.05, 4.69) is 52.3 Å². The summed E-state index contributed by atoms with van der Waals surface area (Å²) >= 11 is 1.68. The van der Waals surface area contributed by atoms with Crippen molar-refractivity contribution in [3.8, 4) is 39.0 Å². The molecular formula is C21H22N6OS. The maximum atomic E-state index is 6.10. The van der Waals surface area contributed by atoms with Gasteiger partial charge in [0.25, 0.3) is 0 Å². The molecule has 5 rings (SSSR count). The van der Waals surface area contributed by atoms with E-state index in [9.17, 15) is 0 Å². The largest absolute Gasteiger partial charge is 0.492 e. The minimum absolute atomic E-state index is 0.232. The number of nitrogens with zero attached hydrogens (tertiary/aromatic N) is 5. The van der Waals surface area contributed by atoms with Crippen LogP contribution in [0.25, 0.3) is 33.2 Å². The molecule has 1 aromatic carbocycles. The fourth-order valence-corrected chi connectivity index (χ4v) is 4.88. The van der Waals surface area contributed by atoms with Crippen molar-refractivity contribution >= 4 is 11.3 Å². The number of ether oxygens (including phenoxy) is 1. The summed E-state index contributed by atoms with van der Waals surface area (Å²) in [5, 5.41) is 12.6. The van der Waals surface area contributed by atoms with Crippen molar-refractivity contribution in [2.24, 2.45) is 0 Å². The van der Waals surface area contributed by atoms with Crippen molar-refractivity contribution in [3.05, 3.63) is 40.8 Å². The van der Waals surface area contributed by atoms with E-state index in [-0.39, 0.29) is 6.04 Å². The Morgan fingerprint density at radius 3 is 2.86 bits per heavy atom. The molecule has 0 atom stereocenters. The monoisotopic (exact) mass is 406 g/mol. The molecule has 7 nitrogen and oxygen atoms in total. The van der Waals surface area contributed by atoms with Gasteiger partial charge in [0.2, 0.25) is 0 Å². The van der Waals surface area contributed by atoms with Gasteiger partial charge in [0.1, 0.15) is 12.1 Å². The highest BCUT2D eigenvalue weighted by atomic mass is 32.1. The van der Waals surface area contributed by atoms with Crippen LogP contribution in [0.3, 0.4) is 0 Å². The van der Waals surface area contributed by atoms with Gasteiger partial charge in [-0.05, 0) is 45.4 Å². The molecule has 1 aliphatic heterocycles. The fraction of sp³-hybridized carbons (Fsp3) is 0.333. The molecule has 29 heavy (non-hydrogen) atoms. The Kier molecular flexibility index (Phi) is 4.24. The van der Waals surface area contributed by atoms with Crippen LogP contribution in [0, 0.1) is 13.8 Å². The van der Waals surface area contributed by atoms with Crippen LogP contribution in [-0.4, -0.2) is 36.6 Å². The van der Waals surface area contributed by atoms with Gasteiger partial charge in [0, 0.05) is 34.2 Å². The Morgan fingerprint density at radius 2 is 2.10 bits per heavy atom. The van der Waals surface area contributed by atoms with Crippen molar-refractivity contribution in [2.45, 2.75) is 40.2 Å². The average Bonchev–Trinajstić information content (AvgIpc) is 3.39. The van der Waals surface area contributed by atoms with Crippen LogP contribution < -0.4 is 4.74 Å². The Bertz CT molecular complexity index is 1180. The van der Waals surface area contributed by atoms with E-state index in [1.54, 1.807) is 17.7 Å². The number of nitrogens with one attached hydrogen (secondary N) is 1. The van der Waals surface area contributed by atoms with Crippen molar-refractivity contribution in [1.29, 1.82) is 0 Å². The summed E-state index contributed by atoms with van der Waals surface area (Å²) in [7, 11) is 0.